The van der Waals surface area contributed by atoms with Gasteiger partial charge in [-0.1, -0.05) is 18.6 Å². The van der Waals surface area contributed by atoms with Crippen LogP contribution >= 0.6 is 0 Å². The van der Waals surface area contributed by atoms with Crippen LogP contribution in [0.3, 0.4) is 0 Å². The Kier molecular flexibility index (Phi) is 4.60. The van der Waals surface area contributed by atoms with Crippen LogP contribution in [0.4, 0.5) is 0 Å². The molecule has 2 heterocycles. The third kappa shape index (κ3) is 3.23. The summed E-state index contributed by atoms with van der Waals surface area (Å²) in [6.45, 7) is 8.28. The first kappa shape index (κ1) is 15.3. The molecule has 0 radical (unpaired) electrons. The SMILES string of the molecule is CCN1CCCC1CNCc1cc(=O)c2cc(C)ccc2[nH]1. The van der Waals surface area contributed by atoms with Crippen molar-refractivity contribution in [3.63, 3.8) is 0 Å². The van der Waals surface area contributed by atoms with E-state index in [2.05, 4.69) is 22.1 Å². The second kappa shape index (κ2) is 6.63. The highest BCUT2D eigenvalue weighted by Crippen LogP contribution is 2.16. The van der Waals surface area contributed by atoms with Gasteiger partial charge in [0.15, 0.2) is 5.43 Å². The molecule has 1 aromatic carbocycles. The van der Waals surface area contributed by atoms with Gasteiger partial charge in [-0.25, -0.2) is 0 Å². The zero-order valence-electron chi connectivity index (χ0n) is 13.5. The van der Waals surface area contributed by atoms with Crippen molar-refractivity contribution < 1.29 is 0 Å². The van der Waals surface area contributed by atoms with Crippen molar-refractivity contribution in [3.05, 3.63) is 45.7 Å². The number of aromatic nitrogens is 1. The molecule has 2 N–H and O–H groups in total. The lowest BCUT2D eigenvalue weighted by Crippen LogP contribution is -2.37. The molecular formula is C18H25N3O. The zero-order valence-corrected chi connectivity index (χ0v) is 13.5. The molecule has 22 heavy (non-hydrogen) atoms. The molecule has 0 spiro atoms. The Bertz CT molecular complexity index is 707. The highest BCUT2D eigenvalue weighted by atomic mass is 16.1. The van der Waals surface area contributed by atoms with Crippen LogP contribution in [0.1, 0.15) is 31.0 Å². The van der Waals surface area contributed by atoms with Crippen LogP contribution < -0.4 is 10.7 Å². The number of hydrogen-bond acceptors (Lipinski definition) is 3. The lowest BCUT2D eigenvalue weighted by atomic mass is 10.1. The van der Waals surface area contributed by atoms with Gasteiger partial charge in [-0.3, -0.25) is 9.69 Å². The standard InChI is InChI=1S/C18H25N3O/c1-3-21-8-4-5-15(21)12-19-11-14-10-18(22)16-9-13(2)6-7-17(16)20-14/h6-7,9-10,15,19H,3-5,8,11-12H2,1-2H3,(H,20,22). The maximum atomic E-state index is 12.2. The molecule has 0 aliphatic carbocycles. The van der Waals surface area contributed by atoms with Crippen LogP contribution in [0.2, 0.25) is 0 Å². The minimum Gasteiger partial charge on any atom is -0.357 e. The number of likely N-dealkylation sites (tertiary alicyclic amines) is 1. The van der Waals surface area contributed by atoms with Gasteiger partial charge in [-0.05, 0) is 45.0 Å². The minimum absolute atomic E-state index is 0.102. The molecule has 1 aliphatic heterocycles. The van der Waals surface area contributed by atoms with Gasteiger partial charge in [0, 0.05) is 41.8 Å². The quantitative estimate of drug-likeness (QED) is 0.891. The Morgan fingerprint density at radius 3 is 3.05 bits per heavy atom. The Labute approximate surface area is 131 Å². The highest BCUT2D eigenvalue weighted by molar-refractivity contribution is 5.79. The number of pyridine rings is 1. The smallest absolute Gasteiger partial charge is 0.189 e. The van der Waals surface area contributed by atoms with Crippen LogP contribution in [-0.4, -0.2) is 35.6 Å². The van der Waals surface area contributed by atoms with Gasteiger partial charge in [0.25, 0.3) is 0 Å². The summed E-state index contributed by atoms with van der Waals surface area (Å²) in [5.41, 5.74) is 3.10. The van der Waals surface area contributed by atoms with E-state index in [0.29, 0.717) is 12.6 Å². The molecule has 2 aromatic rings. The van der Waals surface area contributed by atoms with E-state index in [1.54, 1.807) is 6.07 Å². The molecule has 4 heteroatoms. The normalized spacial score (nSPS) is 19.1. The molecule has 1 aromatic heterocycles. The molecule has 4 nitrogen and oxygen atoms in total. The number of benzene rings is 1. The van der Waals surface area contributed by atoms with E-state index < -0.39 is 0 Å². The fourth-order valence-electron chi connectivity index (χ4n) is 3.43. The number of aryl methyl sites for hydroxylation is 1. The van der Waals surface area contributed by atoms with Gasteiger partial charge >= 0.3 is 0 Å². The van der Waals surface area contributed by atoms with Crippen LogP contribution in [0.5, 0.6) is 0 Å². The monoisotopic (exact) mass is 299 g/mol. The van der Waals surface area contributed by atoms with Crippen LogP contribution in [-0.2, 0) is 6.54 Å². The van der Waals surface area contributed by atoms with Crippen molar-refractivity contribution in [1.29, 1.82) is 0 Å². The summed E-state index contributed by atoms with van der Waals surface area (Å²) in [4.78, 5) is 18.1. The van der Waals surface area contributed by atoms with Gasteiger partial charge in [0.2, 0.25) is 0 Å². The van der Waals surface area contributed by atoms with Crippen LogP contribution in [0.15, 0.2) is 29.1 Å². The maximum Gasteiger partial charge on any atom is 0.189 e. The van der Waals surface area contributed by atoms with E-state index in [4.69, 9.17) is 0 Å². The molecule has 0 bridgehead atoms. The van der Waals surface area contributed by atoms with E-state index in [9.17, 15) is 4.79 Å². The second-order valence-electron chi connectivity index (χ2n) is 6.26. The summed E-state index contributed by atoms with van der Waals surface area (Å²) in [5, 5.41) is 4.27. The summed E-state index contributed by atoms with van der Waals surface area (Å²) >= 11 is 0. The van der Waals surface area contributed by atoms with Crippen molar-refractivity contribution in [2.75, 3.05) is 19.6 Å². The Hall–Kier alpha value is -1.65. The summed E-state index contributed by atoms with van der Waals surface area (Å²) in [5.74, 6) is 0. The average molecular weight is 299 g/mol. The van der Waals surface area contributed by atoms with E-state index in [1.807, 2.05) is 25.1 Å². The lowest BCUT2D eigenvalue weighted by Gasteiger charge is -2.23. The largest absolute Gasteiger partial charge is 0.357 e. The van der Waals surface area contributed by atoms with Gasteiger partial charge in [0.05, 0.1) is 0 Å². The molecule has 1 unspecified atom stereocenters. The first-order valence-electron chi connectivity index (χ1n) is 8.24. The van der Waals surface area contributed by atoms with E-state index >= 15 is 0 Å². The molecule has 0 saturated carbocycles. The number of likely N-dealkylation sites (N-methyl/N-ethyl adjacent to an activating group) is 1. The maximum absolute atomic E-state index is 12.2. The molecule has 1 saturated heterocycles. The van der Waals surface area contributed by atoms with Crippen LogP contribution in [0.25, 0.3) is 10.9 Å². The summed E-state index contributed by atoms with van der Waals surface area (Å²) in [6, 6.07) is 8.34. The average Bonchev–Trinajstić information content (AvgIpc) is 2.96. The first-order valence-corrected chi connectivity index (χ1v) is 8.24. The van der Waals surface area contributed by atoms with E-state index in [1.165, 1.54) is 19.4 Å². The zero-order chi connectivity index (χ0) is 15.5. The van der Waals surface area contributed by atoms with Gasteiger partial charge in [0.1, 0.15) is 0 Å². The van der Waals surface area contributed by atoms with Gasteiger partial charge < -0.3 is 10.3 Å². The fraction of sp³-hybridized carbons (Fsp3) is 0.500. The number of hydrogen-bond donors (Lipinski definition) is 2. The lowest BCUT2D eigenvalue weighted by molar-refractivity contribution is 0.259. The molecule has 0 amide bonds. The number of fused-ring (bicyclic) bond motifs is 1. The number of rotatable bonds is 5. The molecule has 3 rings (SSSR count). The molecule has 118 valence electrons. The number of nitrogens with one attached hydrogen (secondary N) is 2. The van der Waals surface area contributed by atoms with Crippen molar-refractivity contribution in [1.82, 2.24) is 15.2 Å². The summed E-state index contributed by atoms with van der Waals surface area (Å²) in [7, 11) is 0. The fourth-order valence-corrected chi connectivity index (χ4v) is 3.43. The summed E-state index contributed by atoms with van der Waals surface area (Å²) < 4.78 is 0. The third-order valence-electron chi connectivity index (χ3n) is 4.64. The predicted molar refractivity (Wildman–Crippen MR) is 91.3 cm³/mol. The molecular weight excluding hydrogens is 274 g/mol. The first-order chi connectivity index (χ1) is 10.7. The van der Waals surface area contributed by atoms with Crippen LogP contribution in [0, 0.1) is 6.92 Å². The van der Waals surface area contributed by atoms with Crippen molar-refractivity contribution in [2.45, 2.75) is 39.3 Å². The molecule has 1 fully saturated rings. The summed E-state index contributed by atoms with van der Waals surface area (Å²) in [6.07, 6.45) is 2.57. The Balaban J connectivity index is 1.67. The predicted octanol–water partition coefficient (Wildman–Crippen LogP) is 2.41. The third-order valence-corrected chi connectivity index (χ3v) is 4.64. The molecule has 1 aliphatic rings. The number of aromatic amines is 1. The van der Waals surface area contributed by atoms with E-state index in [-0.39, 0.29) is 5.43 Å². The van der Waals surface area contributed by atoms with Gasteiger partial charge in [-0.2, -0.15) is 0 Å². The van der Waals surface area contributed by atoms with Crippen molar-refractivity contribution in [2.24, 2.45) is 0 Å². The van der Waals surface area contributed by atoms with Crippen molar-refractivity contribution in [3.8, 4) is 0 Å². The second-order valence-corrected chi connectivity index (χ2v) is 6.26. The highest BCUT2D eigenvalue weighted by Gasteiger charge is 2.22. The van der Waals surface area contributed by atoms with E-state index in [0.717, 1.165) is 35.2 Å². The minimum atomic E-state index is 0.102. The van der Waals surface area contributed by atoms with Gasteiger partial charge in [-0.15, -0.1) is 0 Å². The number of nitrogens with zero attached hydrogens (tertiary/aromatic N) is 1. The Morgan fingerprint density at radius 2 is 2.23 bits per heavy atom. The molecule has 1 atom stereocenters. The van der Waals surface area contributed by atoms with Crippen molar-refractivity contribution >= 4 is 10.9 Å². The Morgan fingerprint density at radius 1 is 1.36 bits per heavy atom. The number of H-pyrrole nitrogens is 1. The topological polar surface area (TPSA) is 48.1 Å².